The lowest BCUT2D eigenvalue weighted by atomic mass is 10.1. The van der Waals surface area contributed by atoms with Crippen LogP contribution in [0.15, 0.2) is 10.7 Å². The predicted octanol–water partition coefficient (Wildman–Crippen LogP) is 2.79. The van der Waals surface area contributed by atoms with Crippen LogP contribution in [-0.2, 0) is 0 Å². The van der Waals surface area contributed by atoms with Crippen LogP contribution in [0.3, 0.4) is 0 Å². The quantitative estimate of drug-likeness (QED) is 0.895. The van der Waals surface area contributed by atoms with Crippen LogP contribution in [0, 0.1) is 6.92 Å². The smallest absolute Gasteiger partial charge is 0.354 e. The lowest BCUT2D eigenvalue weighted by Gasteiger charge is -2.08. The molecule has 0 amide bonds. The summed E-state index contributed by atoms with van der Waals surface area (Å²) in [6.07, 6.45) is -1.65. The maximum Gasteiger partial charge on any atom is 0.354 e. The summed E-state index contributed by atoms with van der Waals surface area (Å²) in [5, 5.41) is 8.64. The molecule has 1 aromatic heterocycles. The topological polar surface area (TPSA) is 50.2 Å². The molecule has 0 spiro atoms. The molecule has 0 bridgehead atoms. The lowest BCUT2D eigenvalue weighted by Crippen LogP contribution is -2.07. The molecular formula is C8H6BrF2NO2. The number of carboxylic acid groups (broad SMARTS) is 1. The number of hydrogen-bond donors (Lipinski definition) is 1. The SMILES string of the molecule is Cc1c(C(=O)O)ncc(Br)c1C(F)F. The minimum absolute atomic E-state index is 0.0122. The van der Waals surface area contributed by atoms with Crippen LogP contribution in [0.1, 0.15) is 28.0 Å². The van der Waals surface area contributed by atoms with Crippen LogP contribution in [0.5, 0.6) is 0 Å². The van der Waals surface area contributed by atoms with Gasteiger partial charge in [0.1, 0.15) is 0 Å². The minimum Gasteiger partial charge on any atom is -0.477 e. The molecule has 0 saturated heterocycles. The molecular weight excluding hydrogens is 260 g/mol. The van der Waals surface area contributed by atoms with Crippen LogP contribution in [0.4, 0.5) is 8.78 Å². The number of rotatable bonds is 2. The van der Waals surface area contributed by atoms with E-state index in [1.807, 2.05) is 0 Å². The van der Waals surface area contributed by atoms with Crippen LogP contribution in [-0.4, -0.2) is 16.1 Å². The zero-order chi connectivity index (χ0) is 10.9. The van der Waals surface area contributed by atoms with Gasteiger partial charge in [-0.3, -0.25) is 0 Å². The molecule has 0 aliphatic heterocycles. The summed E-state index contributed by atoms with van der Waals surface area (Å²) >= 11 is 2.90. The maximum atomic E-state index is 12.5. The Morgan fingerprint density at radius 2 is 2.21 bits per heavy atom. The first-order chi connectivity index (χ1) is 6.45. The van der Waals surface area contributed by atoms with Gasteiger partial charge in [-0.05, 0) is 28.4 Å². The molecule has 1 N–H and O–H groups in total. The van der Waals surface area contributed by atoms with E-state index in [-0.39, 0.29) is 21.3 Å². The van der Waals surface area contributed by atoms with Crippen molar-refractivity contribution in [2.24, 2.45) is 0 Å². The third-order valence-electron chi connectivity index (χ3n) is 1.74. The second-order valence-electron chi connectivity index (χ2n) is 2.60. The highest BCUT2D eigenvalue weighted by Crippen LogP contribution is 2.30. The van der Waals surface area contributed by atoms with Crippen LogP contribution < -0.4 is 0 Å². The molecule has 0 atom stereocenters. The van der Waals surface area contributed by atoms with Gasteiger partial charge in [0, 0.05) is 16.2 Å². The zero-order valence-corrected chi connectivity index (χ0v) is 8.68. The summed E-state index contributed by atoms with van der Waals surface area (Å²) in [5.74, 6) is -1.31. The largest absolute Gasteiger partial charge is 0.477 e. The van der Waals surface area contributed by atoms with E-state index in [1.165, 1.54) is 6.92 Å². The monoisotopic (exact) mass is 265 g/mol. The average molecular weight is 266 g/mol. The summed E-state index contributed by atoms with van der Waals surface area (Å²) in [6, 6.07) is 0. The van der Waals surface area contributed by atoms with Gasteiger partial charge in [-0.15, -0.1) is 0 Å². The number of carboxylic acids is 1. The Kier molecular flexibility index (Phi) is 3.15. The third kappa shape index (κ3) is 1.89. The van der Waals surface area contributed by atoms with E-state index in [0.29, 0.717) is 0 Å². The van der Waals surface area contributed by atoms with Gasteiger partial charge in [0.05, 0.1) is 0 Å². The van der Waals surface area contributed by atoms with E-state index in [9.17, 15) is 13.6 Å². The Hall–Kier alpha value is -1.04. The number of pyridine rings is 1. The molecule has 0 aliphatic carbocycles. The highest BCUT2D eigenvalue weighted by Gasteiger charge is 2.20. The van der Waals surface area contributed by atoms with Gasteiger partial charge >= 0.3 is 5.97 Å². The van der Waals surface area contributed by atoms with Crippen LogP contribution in [0.25, 0.3) is 0 Å². The summed E-state index contributed by atoms with van der Waals surface area (Å²) in [4.78, 5) is 14.1. The fourth-order valence-corrected chi connectivity index (χ4v) is 1.65. The number of carbonyl (C=O) groups is 1. The summed E-state index contributed by atoms with van der Waals surface area (Å²) in [6.45, 7) is 1.31. The number of hydrogen-bond acceptors (Lipinski definition) is 2. The van der Waals surface area contributed by atoms with Crippen molar-refractivity contribution in [2.45, 2.75) is 13.3 Å². The van der Waals surface area contributed by atoms with Gasteiger partial charge in [-0.2, -0.15) is 0 Å². The molecule has 0 fully saturated rings. The molecule has 0 unspecified atom stereocenters. The molecule has 0 aromatic carbocycles. The third-order valence-corrected chi connectivity index (χ3v) is 2.38. The average Bonchev–Trinajstić information content (AvgIpc) is 2.02. The Bertz CT molecular complexity index is 382. The van der Waals surface area contributed by atoms with Crippen LogP contribution >= 0.6 is 15.9 Å². The summed E-state index contributed by atoms with van der Waals surface area (Å²) < 4.78 is 25.1. The number of halogens is 3. The number of aromatic carboxylic acids is 1. The molecule has 0 saturated carbocycles. The normalized spacial score (nSPS) is 10.6. The van der Waals surface area contributed by atoms with E-state index in [0.717, 1.165) is 6.20 Å². The van der Waals surface area contributed by atoms with Gasteiger partial charge in [0.25, 0.3) is 6.43 Å². The molecule has 6 heteroatoms. The number of alkyl halides is 2. The second kappa shape index (κ2) is 4.00. The highest BCUT2D eigenvalue weighted by atomic mass is 79.9. The minimum atomic E-state index is -2.72. The molecule has 3 nitrogen and oxygen atoms in total. The summed E-state index contributed by atoms with van der Waals surface area (Å²) in [5.41, 5.74) is -0.678. The van der Waals surface area contributed by atoms with Crippen molar-refractivity contribution in [2.75, 3.05) is 0 Å². The van der Waals surface area contributed by atoms with E-state index in [2.05, 4.69) is 20.9 Å². The Labute approximate surface area is 86.9 Å². The molecule has 0 aliphatic rings. The number of aromatic nitrogens is 1. The van der Waals surface area contributed by atoms with E-state index < -0.39 is 12.4 Å². The summed E-state index contributed by atoms with van der Waals surface area (Å²) in [7, 11) is 0. The van der Waals surface area contributed by atoms with Crippen molar-refractivity contribution in [1.82, 2.24) is 4.98 Å². The van der Waals surface area contributed by atoms with Crippen molar-refractivity contribution in [3.63, 3.8) is 0 Å². The van der Waals surface area contributed by atoms with Crippen molar-refractivity contribution >= 4 is 21.9 Å². The van der Waals surface area contributed by atoms with E-state index >= 15 is 0 Å². The molecule has 1 heterocycles. The first kappa shape index (κ1) is 11.0. The van der Waals surface area contributed by atoms with Gasteiger partial charge < -0.3 is 5.11 Å². The Morgan fingerprint density at radius 1 is 1.64 bits per heavy atom. The predicted molar refractivity (Wildman–Crippen MR) is 48.6 cm³/mol. The fraction of sp³-hybridized carbons (Fsp3) is 0.250. The Morgan fingerprint density at radius 3 is 2.64 bits per heavy atom. The van der Waals surface area contributed by atoms with Crippen molar-refractivity contribution < 1.29 is 18.7 Å². The highest BCUT2D eigenvalue weighted by molar-refractivity contribution is 9.10. The lowest BCUT2D eigenvalue weighted by molar-refractivity contribution is 0.0689. The van der Waals surface area contributed by atoms with Gasteiger partial charge in [0.2, 0.25) is 0 Å². The zero-order valence-electron chi connectivity index (χ0n) is 7.09. The molecule has 0 radical (unpaired) electrons. The van der Waals surface area contributed by atoms with Crippen molar-refractivity contribution in [3.05, 3.63) is 27.5 Å². The van der Waals surface area contributed by atoms with Crippen molar-refractivity contribution in [3.8, 4) is 0 Å². The number of nitrogens with zero attached hydrogens (tertiary/aromatic N) is 1. The van der Waals surface area contributed by atoms with Crippen molar-refractivity contribution in [1.29, 1.82) is 0 Å². The molecule has 76 valence electrons. The Balaban J connectivity index is 3.41. The molecule has 14 heavy (non-hydrogen) atoms. The van der Waals surface area contributed by atoms with Gasteiger partial charge in [-0.1, -0.05) is 0 Å². The van der Waals surface area contributed by atoms with Gasteiger partial charge in [-0.25, -0.2) is 18.6 Å². The van der Waals surface area contributed by atoms with Crippen LogP contribution in [0.2, 0.25) is 0 Å². The standard InChI is InChI=1S/C8H6BrF2NO2/c1-3-5(7(10)11)4(9)2-12-6(3)8(13)14/h2,7H,1H3,(H,13,14). The van der Waals surface area contributed by atoms with E-state index in [4.69, 9.17) is 5.11 Å². The maximum absolute atomic E-state index is 12.5. The fourth-order valence-electron chi connectivity index (χ4n) is 1.08. The first-order valence-corrected chi connectivity index (χ1v) is 4.41. The molecule has 1 rings (SSSR count). The van der Waals surface area contributed by atoms with E-state index in [1.54, 1.807) is 0 Å². The second-order valence-corrected chi connectivity index (χ2v) is 3.45. The molecule has 1 aromatic rings. The van der Waals surface area contributed by atoms with Gasteiger partial charge in [0.15, 0.2) is 5.69 Å². The first-order valence-electron chi connectivity index (χ1n) is 3.61.